The van der Waals surface area contributed by atoms with Gasteiger partial charge in [-0.25, -0.2) is 0 Å². The fourth-order valence-corrected chi connectivity index (χ4v) is 2.45. The molecule has 0 aliphatic heterocycles. The van der Waals surface area contributed by atoms with Crippen LogP contribution in [0.25, 0.3) is 0 Å². The normalized spacial score (nSPS) is 10.2. The number of hydrogen-bond acceptors (Lipinski definition) is 3. The van der Waals surface area contributed by atoms with E-state index >= 15 is 0 Å². The van der Waals surface area contributed by atoms with E-state index in [0.29, 0.717) is 18.5 Å². The number of unbranched alkanes of at least 4 members (excludes halogenated alkanes) is 2. The Morgan fingerprint density at radius 2 is 1.95 bits per heavy atom. The highest BCUT2D eigenvalue weighted by atomic mass is 79.9. The number of hydrogen-bond donors (Lipinski definition) is 1. The summed E-state index contributed by atoms with van der Waals surface area (Å²) in [5, 5.41) is 2.88. The molecule has 1 aromatic carbocycles. The fourth-order valence-electron chi connectivity index (χ4n) is 1.84. The van der Waals surface area contributed by atoms with Crippen molar-refractivity contribution in [3.05, 3.63) is 33.8 Å². The molecule has 0 aromatic heterocycles. The number of halogens is 1. The summed E-state index contributed by atoms with van der Waals surface area (Å²) in [5.74, 6) is -0.249. The number of carbonyl (C=O) groups is 2. The van der Waals surface area contributed by atoms with Crippen molar-refractivity contribution in [2.75, 3.05) is 13.7 Å². The van der Waals surface area contributed by atoms with Gasteiger partial charge in [0.15, 0.2) is 0 Å². The Morgan fingerprint density at radius 3 is 2.60 bits per heavy atom. The smallest absolute Gasteiger partial charge is 0.305 e. The third-order valence-corrected chi connectivity index (χ3v) is 3.33. The van der Waals surface area contributed by atoms with E-state index in [9.17, 15) is 9.59 Å². The highest BCUT2D eigenvalue weighted by Gasteiger charge is 2.06. The van der Waals surface area contributed by atoms with Crippen molar-refractivity contribution in [3.63, 3.8) is 0 Å². The molecule has 0 unspecified atom stereocenters. The molecule has 1 rings (SSSR count). The Bertz CT molecular complexity index is 454. The number of ether oxygens (including phenoxy) is 1. The van der Waals surface area contributed by atoms with Crippen molar-refractivity contribution in [2.24, 2.45) is 0 Å². The van der Waals surface area contributed by atoms with Gasteiger partial charge in [0.2, 0.25) is 0 Å². The zero-order chi connectivity index (χ0) is 15.0. The van der Waals surface area contributed by atoms with Crippen molar-refractivity contribution in [2.45, 2.75) is 32.6 Å². The van der Waals surface area contributed by atoms with E-state index in [4.69, 9.17) is 0 Å². The number of aryl methyl sites for hydroxylation is 1. The van der Waals surface area contributed by atoms with Gasteiger partial charge in [0.25, 0.3) is 5.91 Å². The van der Waals surface area contributed by atoms with Gasteiger partial charge in [0, 0.05) is 23.0 Å². The first kappa shape index (κ1) is 16.7. The molecule has 0 heterocycles. The van der Waals surface area contributed by atoms with E-state index in [1.165, 1.54) is 7.11 Å². The minimum absolute atomic E-state index is 0.0673. The third-order valence-electron chi connectivity index (χ3n) is 2.88. The van der Waals surface area contributed by atoms with Crippen molar-refractivity contribution >= 4 is 27.8 Å². The van der Waals surface area contributed by atoms with Gasteiger partial charge in [-0.15, -0.1) is 0 Å². The van der Waals surface area contributed by atoms with Crippen LogP contribution >= 0.6 is 15.9 Å². The molecule has 0 saturated carbocycles. The van der Waals surface area contributed by atoms with E-state index in [1.807, 2.05) is 19.1 Å². The number of benzene rings is 1. The van der Waals surface area contributed by atoms with Crippen molar-refractivity contribution in [1.29, 1.82) is 0 Å². The number of carbonyl (C=O) groups excluding carboxylic acids is 2. The highest BCUT2D eigenvalue weighted by molar-refractivity contribution is 9.10. The van der Waals surface area contributed by atoms with Crippen LogP contribution in [0.1, 0.15) is 41.6 Å². The number of amides is 1. The lowest BCUT2D eigenvalue weighted by atomic mass is 10.1. The fraction of sp³-hybridized carbons (Fsp3) is 0.467. The topological polar surface area (TPSA) is 55.4 Å². The van der Waals surface area contributed by atoms with Crippen molar-refractivity contribution in [3.8, 4) is 0 Å². The van der Waals surface area contributed by atoms with Crippen LogP contribution in [-0.2, 0) is 9.53 Å². The number of rotatable bonds is 7. The second kappa shape index (κ2) is 8.74. The molecule has 110 valence electrons. The van der Waals surface area contributed by atoms with Crippen LogP contribution in [0.15, 0.2) is 22.7 Å². The van der Waals surface area contributed by atoms with Crippen LogP contribution in [0, 0.1) is 6.92 Å². The van der Waals surface area contributed by atoms with E-state index in [0.717, 1.165) is 29.3 Å². The Balaban J connectivity index is 2.25. The molecule has 0 aliphatic rings. The zero-order valence-corrected chi connectivity index (χ0v) is 13.5. The molecule has 0 saturated heterocycles. The molecule has 1 aromatic rings. The summed E-state index contributed by atoms with van der Waals surface area (Å²) in [6.07, 6.45) is 2.98. The Morgan fingerprint density at radius 1 is 1.20 bits per heavy atom. The molecule has 1 amide bonds. The molecular weight excluding hydrogens is 322 g/mol. The van der Waals surface area contributed by atoms with E-state index in [-0.39, 0.29) is 11.9 Å². The maximum Gasteiger partial charge on any atom is 0.305 e. The Labute approximate surface area is 128 Å². The lowest BCUT2D eigenvalue weighted by molar-refractivity contribution is -0.140. The molecule has 1 N–H and O–H groups in total. The van der Waals surface area contributed by atoms with Gasteiger partial charge < -0.3 is 10.1 Å². The van der Waals surface area contributed by atoms with Crippen molar-refractivity contribution in [1.82, 2.24) is 5.32 Å². The summed E-state index contributed by atoms with van der Waals surface area (Å²) < 4.78 is 5.47. The second-order valence-electron chi connectivity index (χ2n) is 4.66. The molecule has 4 nitrogen and oxygen atoms in total. The third kappa shape index (κ3) is 6.19. The largest absolute Gasteiger partial charge is 0.469 e. The molecule has 0 atom stereocenters. The van der Waals surface area contributed by atoms with Gasteiger partial charge in [-0.2, -0.15) is 0 Å². The minimum Gasteiger partial charge on any atom is -0.469 e. The van der Waals surface area contributed by atoms with E-state index < -0.39 is 0 Å². The second-order valence-corrected chi connectivity index (χ2v) is 5.58. The van der Waals surface area contributed by atoms with Crippen LogP contribution in [0.3, 0.4) is 0 Å². The first-order valence-electron chi connectivity index (χ1n) is 6.65. The zero-order valence-electron chi connectivity index (χ0n) is 11.9. The predicted octanol–water partition coefficient (Wildman–Crippen LogP) is 3.22. The van der Waals surface area contributed by atoms with Gasteiger partial charge in [0.1, 0.15) is 0 Å². The molecule has 0 bridgehead atoms. The molecule has 0 fully saturated rings. The summed E-state index contributed by atoms with van der Waals surface area (Å²) in [6.45, 7) is 2.57. The van der Waals surface area contributed by atoms with E-state index in [1.54, 1.807) is 6.07 Å². The van der Waals surface area contributed by atoms with Crippen LogP contribution in [0.4, 0.5) is 0 Å². The standard InChI is InChI=1S/C15H20BrNO3/c1-11-8-12(10-13(16)9-11)15(19)17-7-5-3-4-6-14(18)20-2/h8-10H,3-7H2,1-2H3,(H,17,19). The summed E-state index contributed by atoms with van der Waals surface area (Å²) in [5.41, 5.74) is 1.70. The minimum atomic E-state index is -0.182. The van der Waals surface area contributed by atoms with Crippen LogP contribution in [0.2, 0.25) is 0 Å². The quantitative estimate of drug-likeness (QED) is 0.611. The SMILES string of the molecule is COC(=O)CCCCCNC(=O)c1cc(C)cc(Br)c1. The lowest BCUT2D eigenvalue weighted by Crippen LogP contribution is -2.24. The van der Waals surface area contributed by atoms with Gasteiger partial charge in [-0.05, 0) is 43.5 Å². The maximum absolute atomic E-state index is 11.9. The Hall–Kier alpha value is -1.36. The Kier molecular flexibility index (Phi) is 7.30. The molecule has 0 spiro atoms. The maximum atomic E-state index is 11.9. The summed E-state index contributed by atoms with van der Waals surface area (Å²) >= 11 is 3.38. The molecule has 20 heavy (non-hydrogen) atoms. The first-order valence-corrected chi connectivity index (χ1v) is 7.44. The highest BCUT2D eigenvalue weighted by Crippen LogP contribution is 2.15. The monoisotopic (exact) mass is 341 g/mol. The summed E-state index contributed by atoms with van der Waals surface area (Å²) in [4.78, 5) is 22.8. The number of esters is 1. The first-order chi connectivity index (χ1) is 9.52. The predicted molar refractivity (Wildman–Crippen MR) is 81.7 cm³/mol. The molecular formula is C15H20BrNO3. The summed E-state index contributed by atoms with van der Waals surface area (Å²) in [7, 11) is 1.39. The van der Waals surface area contributed by atoms with Crippen LogP contribution in [-0.4, -0.2) is 25.5 Å². The van der Waals surface area contributed by atoms with Gasteiger partial charge >= 0.3 is 5.97 Å². The molecule has 0 aliphatic carbocycles. The van der Waals surface area contributed by atoms with Gasteiger partial charge in [-0.3, -0.25) is 9.59 Å². The van der Waals surface area contributed by atoms with Gasteiger partial charge in [-0.1, -0.05) is 22.4 Å². The van der Waals surface area contributed by atoms with Crippen LogP contribution in [0.5, 0.6) is 0 Å². The van der Waals surface area contributed by atoms with E-state index in [2.05, 4.69) is 26.0 Å². The molecule has 0 radical (unpaired) electrons. The average Bonchev–Trinajstić information content (AvgIpc) is 2.40. The average molecular weight is 342 g/mol. The summed E-state index contributed by atoms with van der Waals surface area (Å²) in [6, 6.07) is 5.63. The number of methoxy groups -OCH3 is 1. The van der Waals surface area contributed by atoms with Crippen LogP contribution < -0.4 is 5.32 Å². The van der Waals surface area contributed by atoms with Gasteiger partial charge in [0.05, 0.1) is 7.11 Å². The number of nitrogens with one attached hydrogen (secondary N) is 1. The molecule has 5 heteroatoms. The van der Waals surface area contributed by atoms with Crippen molar-refractivity contribution < 1.29 is 14.3 Å². The lowest BCUT2D eigenvalue weighted by Gasteiger charge is -2.06.